The fourth-order valence-corrected chi connectivity index (χ4v) is 4.34. The van der Waals surface area contributed by atoms with Crippen LogP contribution in [0.1, 0.15) is 46.9 Å². The maximum absolute atomic E-state index is 13.7. The molecule has 0 unspecified atom stereocenters. The molecule has 1 aliphatic heterocycles. The van der Waals surface area contributed by atoms with Gasteiger partial charge in [0.1, 0.15) is 12.2 Å². The van der Waals surface area contributed by atoms with Crippen LogP contribution in [0.4, 0.5) is 19.0 Å². The Morgan fingerprint density at radius 1 is 1.20 bits per heavy atom. The Hall–Kier alpha value is -4.33. The second kappa shape index (κ2) is 7.87. The first-order chi connectivity index (χ1) is 16.6. The molecule has 3 aromatic heterocycles. The first-order valence-electron chi connectivity index (χ1n) is 10.7. The minimum Gasteiger partial charge on any atom is -0.482 e. The van der Waals surface area contributed by atoms with Gasteiger partial charge in [-0.05, 0) is 32.0 Å². The summed E-state index contributed by atoms with van der Waals surface area (Å²) in [5.41, 5.74) is 8.95. The molecule has 0 fully saturated rings. The van der Waals surface area contributed by atoms with Crippen molar-refractivity contribution >= 4 is 5.82 Å². The van der Waals surface area contributed by atoms with Gasteiger partial charge < -0.3 is 10.5 Å². The van der Waals surface area contributed by atoms with E-state index in [4.69, 9.17) is 10.5 Å². The molecule has 2 N–H and O–H groups in total. The van der Waals surface area contributed by atoms with E-state index in [-0.39, 0.29) is 23.6 Å². The van der Waals surface area contributed by atoms with Gasteiger partial charge >= 0.3 is 6.18 Å². The van der Waals surface area contributed by atoms with Gasteiger partial charge in [-0.15, -0.1) is 0 Å². The quantitative estimate of drug-likeness (QED) is 0.398. The highest BCUT2D eigenvalue weighted by Crippen LogP contribution is 2.38. The van der Waals surface area contributed by atoms with Gasteiger partial charge in [0, 0.05) is 36.4 Å². The number of alkyl halides is 3. The van der Waals surface area contributed by atoms with Crippen LogP contribution in [0.25, 0.3) is 16.8 Å². The molecule has 0 radical (unpaired) electrons. The molecule has 35 heavy (non-hydrogen) atoms. The predicted octanol–water partition coefficient (Wildman–Crippen LogP) is 4.49. The minimum absolute atomic E-state index is 0.0336. The number of nitriles is 1. The number of ether oxygens (including phenoxy) is 1. The average molecular weight is 479 g/mol. The summed E-state index contributed by atoms with van der Waals surface area (Å²) >= 11 is 0. The van der Waals surface area contributed by atoms with Gasteiger partial charge in [-0.2, -0.15) is 28.6 Å². The van der Waals surface area contributed by atoms with Crippen LogP contribution in [0.15, 0.2) is 36.5 Å². The topological polar surface area (TPSA) is 108 Å². The highest BCUT2D eigenvalue weighted by atomic mass is 19.4. The van der Waals surface area contributed by atoms with E-state index < -0.39 is 18.0 Å². The van der Waals surface area contributed by atoms with Crippen molar-refractivity contribution in [2.24, 2.45) is 7.05 Å². The fraction of sp³-hybridized carbons (Fsp3) is 0.250. The number of pyridine rings is 1. The second-order valence-corrected chi connectivity index (χ2v) is 8.44. The lowest BCUT2D eigenvalue weighted by molar-refractivity contribution is -0.141. The maximum atomic E-state index is 13.7. The lowest BCUT2D eigenvalue weighted by Gasteiger charge is -2.22. The number of nitrogens with two attached hydrogens (primary N) is 1. The summed E-state index contributed by atoms with van der Waals surface area (Å²) < 4.78 is 50.1. The number of aryl methyl sites for hydroxylation is 2. The molecule has 0 amide bonds. The Balaban J connectivity index is 1.86. The van der Waals surface area contributed by atoms with Crippen LogP contribution in [-0.4, -0.2) is 24.5 Å². The Morgan fingerprint density at radius 3 is 2.69 bits per heavy atom. The summed E-state index contributed by atoms with van der Waals surface area (Å²) in [6.45, 7) is 3.66. The normalized spacial score (nSPS) is 15.1. The Bertz CT molecular complexity index is 1510. The van der Waals surface area contributed by atoms with Gasteiger partial charge in [-0.25, -0.2) is 9.67 Å². The summed E-state index contributed by atoms with van der Waals surface area (Å²) in [7, 11) is 1.64. The number of hydrogen-bond donors (Lipinski definition) is 1. The molecule has 5 rings (SSSR count). The van der Waals surface area contributed by atoms with Crippen LogP contribution >= 0.6 is 0 Å². The lowest BCUT2D eigenvalue weighted by Crippen LogP contribution is -2.14. The highest BCUT2D eigenvalue weighted by molar-refractivity contribution is 5.74. The minimum atomic E-state index is -4.64. The first-order valence-corrected chi connectivity index (χ1v) is 10.7. The van der Waals surface area contributed by atoms with E-state index >= 15 is 0 Å². The molecule has 2 bridgehead atoms. The maximum Gasteiger partial charge on any atom is 0.435 e. The zero-order chi connectivity index (χ0) is 25.1. The molecule has 11 heteroatoms. The van der Waals surface area contributed by atoms with E-state index in [1.165, 1.54) is 15.6 Å². The number of hydrogen-bond acceptors (Lipinski definition) is 6. The number of rotatable bonds is 0. The van der Waals surface area contributed by atoms with E-state index in [9.17, 15) is 18.4 Å². The average Bonchev–Trinajstić information content (AvgIpc) is 3.36. The van der Waals surface area contributed by atoms with Crippen molar-refractivity contribution in [3.63, 3.8) is 0 Å². The van der Waals surface area contributed by atoms with Gasteiger partial charge in [0.2, 0.25) is 0 Å². The number of anilines is 1. The highest BCUT2D eigenvalue weighted by Gasteiger charge is 2.36. The summed E-state index contributed by atoms with van der Waals surface area (Å²) in [5.74, 6) is 0.438. The standard InChI is InChI=1S/C24H20F3N7O/c1-12-4-5-18-16(6-12)13(2)35-20-7-14(11-30-23(20)29)22-17(10-28)31-33(3)19(22)8-15-9-21(24(25,26)27)32-34(15)18/h4-7,9,11,13H,8H2,1-3H3,(H2,29,30)/t13-/m1/s1. The first kappa shape index (κ1) is 22.5. The van der Waals surface area contributed by atoms with E-state index in [2.05, 4.69) is 21.3 Å². The molecule has 1 aliphatic rings. The lowest BCUT2D eigenvalue weighted by atomic mass is 10.0. The molecule has 0 saturated carbocycles. The molecular weight excluding hydrogens is 459 g/mol. The van der Waals surface area contributed by atoms with Crippen LogP contribution in [-0.2, 0) is 19.6 Å². The van der Waals surface area contributed by atoms with Crippen molar-refractivity contribution in [3.8, 4) is 28.6 Å². The van der Waals surface area contributed by atoms with Crippen LogP contribution in [0.3, 0.4) is 0 Å². The number of nitrogen functional groups attached to an aromatic ring is 1. The number of halogens is 3. The SMILES string of the molecule is Cc1ccc2c(c1)[C@@H](C)Oc1cc(cnc1N)-c1c(C#N)nn(C)c1Cc1cc(C(F)(F)F)nn1-2. The van der Waals surface area contributed by atoms with Crippen LogP contribution in [0, 0.1) is 18.3 Å². The van der Waals surface area contributed by atoms with Gasteiger partial charge in [0.25, 0.3) is 0 Å². The molecular formula is C24H20F3N7O. The van der Waals surface area contributed by atoms with Gasteiger partial charge in [-0.3, -0.25) is 4.68 Å². The summed E-state index contributed by atoms with van der Waals surface area (Å²) in [5, 5.41) is 17.9. The molecule has 4 heterocycles. The van der Waals surface area contributed by atoms with Crippen molar-refractivity contribution in [3.05, 3.63) is 70.4 Å². The fourth-order valence-electron chi connectivity index (χ4n) is 4.34. The third-order valence-electron chi connectivity index (χ3n) is 6.02. The molecule has 1 aromatic carbocycles. The van der Waals surface area contributed by atoms with Crippen molar-refractivity contribution < 1.29 is 17.9 Å². The zero-order valence-electron chi connectivity index (χ0n) is 19.1. The zero-order valence-corrected chi connectivity index (χ0v) is 19.1. The van der Waals surface area contributed by atoms with Crippen molar-refractivity contribution in [2.45, 2.75) is 32.5 Å². The van der Waals surface area contributed by atoms with Crippen LogP contribution in [0.2, 0.25) is 0 Å². The third kappa shape index (κ3) is 3.77. The predicted molar refractivity (Wildman–Crippen MR) is 121 cm³/mol. The number of fused-ring (bicyclic) bond motifs is 7. The van der Waals surface area contributed by atoms with Gasteiger partial charge in [-0.1, -0.05) is 17.7 Å². The molecule has 178 valence electrons. The van der Waals surface area contributed by atoms with Crippen LogP contribution in [0.5, 0.6) is 5.75 Å². The van der Waals surface area contributed by atoms with Crippen molar-refractivity contribution in [2.75, 3.05) is 5.73 Å². The Morgan fingerprint density at radius 2 is 1.97 bits per heavy atom. The Labute approximate surface area is 198 Å². The molecule has 1 atom stereocenters. The van der Waals surface area contributed by atoms with Crippen molar-refractivity contribution in [1.29, 1.82) is 5.26 Å². The molecule has 4 aromatic rings. The van der Waals surface area contributed by atoms with E-state index in [1.54, 1.807) is 32.2 Å². The van der Waals surface area contributed by atoms with Crippen molar-refractivity contribution in [1.82, 2.24) is 24.5 Å². The van der Waals surface area contributed by atoms with E-state index in [0.29, 0.717) is 33.8 Å². The summed E-state index contributed by atoms with van der Waals surface area (Å²) in [6, 6.07) is 10.1. The number of nitrogens with zero attached hydrogens (tertiary/aromatic N) is 6. The molecule has 0 aliphatic carbocycles. The Kier molecular flexibility index (Phi) is 5.05. The van der Waals surface area contributed by atoms with E-state index in [1.807, 2.05) is 13.0 Å². The van der Waals surface area contributed by atoms with Gasteiger partial charge in [0.15, 0.2) is 23.0 Å². The van der Waals surface area contributed by atoms with Crippen LogP contribution < -0.4 is 10.5 Å². The third-order valence-corrected chi connectivity index (χ3v) is 6.02. The second-order valence-electron chi connectivity index (χ2n) is 8.44. The smallest absolute Gasteiger partial charge is 0.435 e. The molecule has 0 spiro atoms. The monoisotopic (exact) mass is 479 g/mol. The number of aromatic nitrogens is 5. The van der Waals surface area contributed by atoms with E-state index in [0.717, 1.165) is 11.6 Å². The van der Waals surface area contributed by atoms with Gasteiger partial charge in [0.05, 0.1) is 17.1 Å². The molecule has 0 saturated heterocycles. The number of benzene rings is 1. The largest absolute Gasteiger partial charge is 0.482 e. The summed E-state index contributed by atoms with van der Waals surface area (Å²) in [4.78, 5) is 4.24. The summed E-state index contributed by atoms with van der Waals surface area (Å²) in [6.07, 6.45) is -3.71. The molecule has 8 nitrogen and oxygen atoms in total.